The van der Waals surface area contributed by atoms with Gasteiger partial charge in [0.1, 0.15) is 13.2 Å². The van der Waals surface area contributed by atoms with Crippen molar-refractivity contribution in [3.63, 3.8) is 0 Å². The van der Waals surface area contributed by atoms with Gasteiger partial charge in [-0.1, -0.05) is 0 Å². The molecule has 84 valence electrons. The monoisotopic (exact) mass is 218 g/mol. The Bertz CT molecular complexity index is 297. The zero-order valence-corrected chi connectivity index (χ0v) is 7.76. The fourth-order valence-electron chi connectivity index (χ4n) is 1.17. The van der Waals surface area contributed by atoms with Crippen molar-refractivity contribution >= 4 is 17.9 Å². The Morgan fingerprint density at radius 1 is 1.33 bits per heavy atom. The quantitative estimate of drug-likeness (QED) is 0.553. The summed E-state index contributed by atoms with van der Waals surface area (Å²) in [5.41, 5.74) is -2.33. The summed E-state index contributed by atoms with van der Waals surface area (Å²) in [5.74, 6) is -3.33. The van der Waals surface area contributed by atoms with Gasteiger partial charge in [0.15, 0.2) is 5.60 Å². The highest BCUT2D eigenvalue weighted by Crippen LogP contribution is 2.20. The van der Waals surface area contributed by atoms with Crippen LogP contribution in [-0.2, 0) is 23.9 Å². The molecule has 1 atom stereocenters. The third kappa shape index (κ3) is 2.91. The Morgan fingerprint density at radius 3 is 2.53 bits per heavy atom. The van der Waals surface area contributed by atoms with Crippen molar-refractivity contribution in [1.82, 2.24) is 0 Å². The summed E-state index contributed by atoms with van der Waals surface area (Å²) in [6, 6.07) is 0. The first kappa shape index (κ1) is 11.4. The lowest BCUT2D eigenvalue weighted by Gasteiger charge is -2.25. The number of rotatable bonds is 2. The first-order valence-corrected chi connectivity index (χ1v) is 4.21. The normalized spacial score (nSPS) is 27.3. The Labute approximate surface area is 84.6 Å². The van der Waals surface area contributed by atoms with Crippen LogP contribution in [0.15, 0.2) is 0 Å². The summed E-state index contributed by atoms with van der Waals surface area (Å²) in [5, 5.41) is 18.1. The summed E-state index contributed by atoms with van der Waals surface area (Å²) in [4.78, 5) is 32.6. The first-order chi connectivity index (χ1) is 6.94. The number of carboxylic acid groups (broad SMARTS) is 1. The fraction of sp³-hybridized carbons (Fsp3) is 0.625. The van der Waals surface area contributed by atoms with Crippen LogP contribution < -0.4 is 0 Å². The maximum atomic E-state index is 11.2. The van der Waals surface area contributed by atoms with E-state index in [-0.39, 0.29) is 13.2 Å². The molecule has 2 N–H and O–H groups in total. The van der Waals surface area contributed by atoms with Crippen LogP contribution in [0.25, 0.3) is 0 Å². The fourth-order valence-corrected chi connectivity index (χ4v) is 1.17. The highest BCUT2D eigenvalue weighted by Gasteiger charge is 2.43. The zero-order chi connectivity index (χ0) is 11.5. The summed E-state index contributed by atoms with van der Waals surface area (Å²) in [7, 11) is 0. The second-order valence-corrected chi connectivity index (χ2v) is 3.14. The largest absolute Gasteiger partial charge is 0.481 e. The number of carboxylic acids is 1. The lowest BCUT2D eigenvalue weighted by molar-refractivity contribution is -0.183. The molecule has 15 heavy (non-hydrogen) atoms. The second-order valence-electron chi connectivity index (χ2n) is 3.14. The molecule has 0 aromatic heterocycles. The predicted molar refractivity (Wildman–Crippen MR) is 43.7 cm³/mol. The standard InChI is InChI=1S/C8H10O7/c9-5(10)3-8(13)4-6(11)14-1-2-15-7(8)12/h13H,1-4H2,(H,9,10). The van der Waals surface area contributed by atoms with Crippen LogP contribution in [0.2, 0.25) is 0 Å². The van der Waals surface area contributed by atoms with Crippen molar-refractivity contribution < 1.29 is 34.1 Å². The Morgan fingerprint density at radius 2 is 1.93 bits per heavy atom. The van der Waals surface area contributed by atoms with Gasteiger partial charge in [0.2, 0.25) is 0 Å². The van der Waals surface area contributed by atoms with E-state index >= 15 is 0 Å². The van der Waals surface area contributed by atoms with E-state index in [0.717, 1.165) is 0 Å². The summed E-state index contributed by atoms with van der Waals surface area (Å²) >= 11 is 0. The van der Waals surface area contributed by atoms with Crippen molar-refractivity contribution in [1.29, 1.82) is 0 Å². The summed E-state index contributed by atoms with van der Waals surface area (Å²) < 4.78 is 9.06. The number of cyclic esters (lactones) is 2. The number of hydrogen-bond acceptors (Lipinski definition) is 6. The van der Waals surface area contributed by atoms with Crippen LogP contribution in [0.1, 0.15) is 12.8 Å². The van der Waals surface area contributed by atoms with Crippen LogP contribution >= 0.6 is 0 Å². The molecule has 0 bridgehead atoms. The predicted octanol–water partition coefficient (Wildman–Crippen LogP) is -1.32. The molecule has 1 unspecified atom stereocenters. The van der Waals surface area contributed by atoms with Gasteiger partial charge in [-0.15, -0.1) is 0 Å². The van der Waals surface area contributed by atoms with E-state index in [2.05, 4.69) is 9.47 Å². The number of aliphatic hydroxyl groups is 1. The van der Waals surface area contributed by atoms with Gasteiger partial charge in [-0.25, -0.2) is 4.79 Å². The minimum absolute atomic E-state index is 0.0896. The van der Waals surface area contributed by atoms with Gasteiger partial charge in [-0.2, -0.15) is 0 Å². The van der Waals surface area contributed by atoms with Crippen LogP contribution in [-0.4, -0.2) is 46.9 Å². The van der Waals surface area contributed by atoms with E-state index in [1.165, 1.54) is 0 Å². The van der Waals surface area contributed by atoms with E-state index in [0.29, 0.717) is 0 Å². The van der Waals surface area contributed by atoms with Crippen molar-refractivity contribution in [3.8, 4) is 0 Å². The lowest BCUT2D eigenvalue weighted by Crippen LogP contribution is -2.46. The zero-order valence-electron chi connectivity index (χ0n) is 7.76. The second kappa shape index (κ2) is 4.26. The molecule has 0 radical (unpaired) electrons. The smallest absolute Gasteiger partial charge is 0.339 e. The molecule has 0 aromatic carbocycles. The van der Waals surface area contributed by atoms with Crippen LogP contribution in [0.5, 0.6) is 0 Å². The van der Waals surface area contributed by atoms with Gasteiger partial charge in [0.05, 0.1) is 12.8 Å². The molecule has 7 nitrogen and oxygen atoms in total. The van der Waals surface area contributed by atoms with Crippen molar-refractivity contribution in [2.45, 2.75) is 18.4 Å². The van der Waals surface area contributed by atoms with Gasteiger partial charge in [0, 0.05) is 0 Å². The van der Waals surface area contributed by atoms with Gasteiger partial charge < -0.3 is 19.7 Å². The molecule has 1 rings (SSSR count). The molecular weight excluding hydrogens is 208 g/mol. The summed E-state index contributed by atoms with van der Waals surface area (Å²) in [6.07, 6.45) is -1.60. The van der Waals surface area contributed by atoms with Crippen molar-refractivity contribution in [2.75, 3.05) is 13.2 Å². The molecule has 0 aromatic rings. The molecule has 0 saturated carbocycles. The van der Waals surface area contributed by atoms with Gasteiger partial charge in [-0.3, -0.25) is 9.59 Å². The molecule has 1 heterocycles. The maximum Gasteiger partial charge on any atom is 0.339 e. The molecular formula is C8H10O7. The van der Waals surface area contributed by atoms with E-state index in [9.17, 15) is 19.5 Å². The van der Waals surface area contributed by atoms with Crippen LogP contribution in [0, 0.1) is 0 Å². The molecule has 7 heteroatoms. The Hall–Kier alpha value is -1.63. The highest BCUT2D eigenvalue weighted by atomic mass is 16.6. The van der Waals surface area contributed by atoms with Crippen LogP contribution in [0.3, 0.4) is 0 Å². The SMILES string of the molecule is O=C(O)CC1(O)CC(=O)OCCOC1=O. The van der Waals surface area contributed by atoms with E-state index in [1.54, 1.807) is 0 Å². The number of carbonyl (C=O) groups excluding carboxylic acids is 2. The number of carbonyl (C=O) groups is 3. The molecule has 1 aliphatic rings. The summed E-state index contributed by atoms with van der Waals surface area (Å²) in [6.45, 7) is -0.278. The topological polar surface area (TPSA) is 110 Å². The van der Waals surface area contributed by atoms with Crippen molar-refractivity contribution in [3.05, 3.63) is 0 Å². The number of ether oxygens (including phenoxy) is 2. The molecule has 0 aliphatic carbocycles. The van der Waals surface area contributed by atoms with Gasteiger partial charge >= 0.3 is 17.9 Å². The van der Waals surface area contributed by atoms with Gasteiger partial charge in [0.25, 0.3) is 0 Å². The first-order valence-electron chi connectivity index (χ1n) is 4.21. The average Bonchev–Trinajstić information content (AvgIpc) is 2.08. The Balaban J connectivity index is 2.82. The number of esters is 2. The van der Waals surface area contributed by atoms with Crippen LogP contribution in [0.4, 0.5) is 0 Å². The minimum atomic E-state index is -2.33. The molecule has 1 saturated heterocycles. The van der Waals surface area contributed by atoms with Gasteiger partial charge in [-0.05, 0) is 0 Å². The van der Waals surface area contributed by atoms with E-state index in [1.807, 2.05) is 0 Å². The average molecular weight is 218 g/mol. The van der Waals surface area contributed by atoms with E-state index in [4.69, 9.17) is 5.11 Å². The molecule has 1 aliphatic heterocycles. The van der Waals surface area contributed by atoms with E-state index < -0.39 is 36.4 Å². The third-order valence-corrected chi connectivity index (χ3v) is 1.84. The number of hydrogen-bond donors (Lipinski definition) is 2. The lowest BCUT2D eigenvalue weighted by atomic mass is 9.95. The molecule has 0 amide bonds. The highest BCUT2D eigenvalue weighted by molar-refractivity contribution is 5.89. The van der Waals surface area contributed by atoms with Crippen molar-refractivity contribution in [2.24, 2.45) is 0 Å². The molecule has 1 fully saturated rings. The minimum Gasteiger partial charge on any atom is -0.481 e. The molecule has 0 spiro atoms. The number of aliphatic carboxylic acids is 1. The third-order valence-electron chi connectivity index (χ3n) is 1.84. The Kier molecular flexibility index (Phi) is 3.25. The maximum absolute atomic E-state index is 11.2.